The minimum absolute atomic E-state index is 0.132. The molecule has 3 rings (SSSR count). The Kier molecular flexibility index (Phi) is 6.32. The van der Waals surface area contributed by atoms with E-state index in [1.165, 1.54) is 21.4 Å². The van der Waals surface area contributed by atoms with Gasteiger partial charge in [-0.1, -0.05) is 0 Å². The monoisotopic (exact) mass is 407 g/mol. The zero-order valence-electron chi connectivity index (χ0n) is 16.0. The van der Waals surface area contributed by atoms with E-state index in [4.69, 9.17) is 4.74 Å². The summed E-state index contributed by atoms with van der Waals surface area (Å²) < 4.78 is 33.5. The van der Waals surface area contributed by atoms with Crippen LogP contribution >= 0.6 is 0 Å². The predicted molar refractivity (Wildman–Crippen MR) is 105 cm³/mol. The Balaban J connectivity index is 1.49. The van der Waals surface area contributed by atoms with Gasteiger partial charge in [-0.3, -0.25) is 14.4 Å². The maximum absolute atomic E-state index is 12.6. The Morgan fingerprint density at radius 2 is 1.86 bits per heavy atom. The lowest BCUT2D eigenvalue weighted by atomic mass is 10.3. The van der Waals surface area contributed by atoms with Gasteiger partial charge in [-0.05, 0) is 31.2 Å². The van der Waals surface area contributed by atoms with Gasteiger partial charge < -0.3 is 10.1 Å². The average Bonchev–Trinajstić information content (AvgIpc) is 3.11. The maximum Gasteiger partial charge on any atom is 0.246 e. The molecule has 0 unspecified atom stereocenters. The van der Waals surface area contributed by atoms with Crippen LogP contribution in [0.4, 0.5) is 5.69 Å². The van der Waals surface area contributed by atoms with E-state index < -0.39 is 10.0 Å². The van der Waals surface area contributed by atoms with Gasteiger partial charge in [-0.2, -0.15) is 9.40 Å². The summed E-state index contributed by atoms with van der Waals surface area (Å²) in [6.45, 7) is 4.40. The molecule has 1 aromatic carbocycles. The van der Waals surface area contributed by atoms with E-state index in [-0.39, 0.29) is 17.3 Å². The number of benzene rings is 1. The van der Waals surface area contributed by atoms with Crippen molar-refractivity contribution in [3.63, 3.8) is 0 Å². The van der Waals surface area contributed by atoms with Crippen LogP contribution in [0.15, 0.2) is 41.6 Å². The highest BCUT2D eigenvalue weighted by molar-refractivity contribution is 7.89. The van der Waals surface area contributed by atoms with Crippen molar-refractivity contribution < 1.29 is 17.9 Å². The van der Waals surface area contributed by atoms with Gasteiger partial charge in [0, 0.05) is 45.1 Å². The zero-order valence-corrected chi connectivity index (χ0v) is 16.9. The number of carbonyl (C=O) groups is 1. The van der Waals surface area contributed by atoms with Crippen LogP contribution in [0.1, 0.15) is 6.92 Å². The third-order valence-electron chi connectivity index (χ3n) is 4.47. The van der Waals surface area contributed by atoms with Crippen LogP contribution in [0.25, 0.3) is 0 Å². The van der Waals surface area contributed by atoms with Crippen molar-refractivity contribution >= 4 is 21.6 Å². The molecule has 1 aromatic heterocycles. The molecule has 1 aliphatic heterocycles. The van der Waals surface area contributed by atoms with Crippen LogP contribution in [0, 0.1) is 0 Å². The molecule has 0 saturated carbocycles. The molecule has 152 valence electrons. The van der Waals surface area contributed by atoms with Gasteiger partial charge in [0.2, 0.25) is 15.9 Å². The van der Waals surface area contributed by atoms with Gasteiger partial charge >= 0.3 is 0 Å². The Bertz CT molecular complexity index is 902. The number of hydrogen-bond donors (Lipinski definition) is 1. The first-order valence-corrected chi connectivity index (χ1v) is 10.6. The molecular weight excluding hydrogens is 382 g/mol. The van der Waals surface area contributed by atoms with E-state index in [2.05, 4.69) is 10.4 Å². The standard InChI is InChI=1S/C18H25N5O4S/c1-3-27-16-6-4-15(5-7-16)20-18(24)14-22-8-10-23(11-9-22)28(25,26)17-12-19-21(2)13-17/h4-7,12-13H,3,8-11,14H2,1-2H3,(H,20,24). The summed E-state index contributed by atoms with van der Waals surface area (Å²) in [5, 5.41) is 6.78. The number of aryl methyl sites for hydroxylation is 1. The second kappa shape index (κ2) is 8.72. The van der Waals surface area contributed by atoms with E-state index in [0.29, 0.717) is 38.5 Å². The number of nitrogens with zero attached hydrogens (tertiary/aromatic N) is 4. The molecule has 0 spiro atoms. The first kappa shape index (κ1) is 20.3. The van der Waals surface area contributed by atoms with Crippen LogP contribution in [0.2, 0.25) is 0 Å². The minimum Gasteiger partial charge on any atom is -0.494 e. The molecule has 9 nitrogen and oxygen atoms in total. The molecule has 0 radical (unpaired) electrons. The third kappa shape index (κ3) is 4.89. The zero-order chi connectivity index (χ0) is 20.1. The first-order chi connectivity index (χ1) is 13.4. The second-order valence-corrected chi connectivity index (χ2v) is 8.47. The molecule has 1 N–H and O–H groups in total. The van der Waals surface area contributed by atoms with Gasteiger partial charge in [-0.25, -0.2) is 8.42 Å². The molecule has 1 saturated heterocycles. The molecular formula is C18H25N5O4S. The van der Waals surface area contributed by atoms with E-state index in [0.717, 1.165) is 5.75 Å². The fraction of sp³-hybridized carbons (Fsp3) is 0.444. The summed E-state index contributed by atoms with van der Waals surface area (Å²) >= 11 is 0. The number of nitrogens with one attached hydrogen (secondary N) is 1. The van der Waals surface area contributed by atoms with Crippen molar-refractivity contribution in [1.29, 1.82) is 0 Å². The van der Waals surface area contributed by atoms with Crippen LogP contribution in [-0.4, -0.2) is 72.6 Å². The summed E-state index contributed by atoms with van der Waals surface area (Å²) in [7, 11) is -1.86. The molecule has 28 heavy (non-hydrogen) atoms. The fourth-order valence-corrected chi connectivity index (χ4v) is 4.42. The van der Waals surface area contributed by atoms with Crippen LogP contribution in [0.5, 0.6) is 5.75 Å². The molecule has 1 aliphatic rings. The number of aromatic nitrogens is 2. The van der Waals surface area contributed by atoms with Gasteiger partial charge in [0.05, 0.1) is 19.3 Å². The van der Waals surface area contributed by atoms with Crippen LogP contribution in [-0.2, 0) is 21.9 Å². The lowest BCUT2D eigenvalue weighted by Gasteiger charge is -2.33. The average molecular weight is 407 g/mol. The predicted octanol–water partition coefficient (Wildman–Crippen LogP) is 0.764. The van der Waals surface area contributed by atoms with Crippen molar-refractivity contribution in [1.82, 2.24) is 19.0 Å². The molecule has 1 amide bonds. The first-order valence-electron chi connectivity index (χ1n) is 9.12. The SMILES string of the molecule is CCOc1ccc(NC(=O)CN2CCN(S(=O)(=O)c3cnn(C)c3)CC2)cc1. The largest absolute Gasteiger partial charge is 0.494 e. The van der Waals surface area contributed by atoms with Crippen molar-refractivity contribution in [3.8, 4) is 5.75 Å². The van der Waals surface area contributed by atoms with E-state index in [1.807, 2.05) is 11.8 Å². The van der Waals surface area contributed by atoms with Gasteiger partial charge in [0.15, 0.2) is 0 Å². The number of piperazine rings is 1. The van der Waals surface area contributed by atoms with Crippen molar-refractivity contribution in [2.75, 3.05) is 44.6 Å². The number of anilines is 1. The number of hydrogen-bond acceptors (Lipinski definition) is 6. The number of carbonyl (C=O) groups excluding carboxylic acids is 1. The van der Waals surface area contributed by atoms with Gasteiger partial charge in [0.1, 0.15) is 10.6 Å². The normalized spacial score (nSPS) is 16.1. The summed E-state index contributed by atoms with van der Waals surface area (Å²) in [6.07, 6.45) is 2.85. The molecule has 0 bridgehead atoms. The molecule has 0 atom stereocenters. The highest BCUT2D eigenvalue weighted by Gasteiger charge is 2.29. The van der Waals surface area contributed by atoms with Crippen molar-refractivity contribution in [2.24, 2.45) is 7.05 Å². The highest BCUT2D eigenvalue weighted by Crippen LogP contribution is 2.18. The Labute approximate surface area is 164 Å². The highest BCUT2D eigenvalue weighted by atomic mass is 32.2. The summed E-state index contributed by atoms with van der Waals surface area (Å²) in [4.78, 5) is 14.4. The van der Waals surface area contributed by atoms with E-state index >= 15 is 0 Å². The van der Waals surface area contributed by atoms with Crippen molar-refractivity contribution in [3.05, 3.63) is 36.7 Å². The number of ether oxygens (including phenoxy) is 1. The van der Waals surface area contributed by atoms with Crippen molar-refractivity contribution in [2.45, 2.75) is 11.8 Å². The van der Waals surface area contributed by atoms with Crippen LogP contribution in [0.3, 0.4) is 0 Å². The molecule has 0 aliphatic carbocycles. The Morgan fingerprint density at radius 3 is 2.43 bits per heavy atom. The van der Waals surface area contributed by atoms with E-state index in [9.17, 15) is 13.2 Å². The second-order valence-electron chi connectivity index (χ2n) is 6.54. The third-order valence-corrected chi connectivity index (χ3v) is 6.32. The Morgan fingerprint density at radius 1 is 1.18 bits per heavy atom. The summed E-state index contributed by atoms with van der Waals surface area (Å²) in [6, 6.07) is 7.20. The molecule has 1 fully saturated rings. The van der Waals surface area contributed by atoms with Gasteiger partial charge in [0.25, 0.3) is 0 Å². The lowest BCUT2D eigenvalue weighted by Crippen LogP contribution is -2.50. The topological polar surface area (TPSA) is 96.8 Å². The van der Waals surface area contributed by atoms with Gasteiger partial charge in [-0.15, -0.1) is 0 Å². The summed E-state index contributed by atoms with van der Waals surface area (Å²) in [5.74, 6) is 0.624. The smallest absolute Gasteiger partial charge is 0.246 e. The molecule has 2 aromatic rings. The molecule has 2 heterocycles. The minimum atomic E-state index is -3.54. The molecule has 10 heteroatoms. The Hall–Kier alpha value is -2.43. The maximum atomic E-state index is 12.6. The number of amides is 1. The lowest BCUT2D eigenvalue weighted by molar-refractivity contribution is -0.117. The number of rotatable bonds is 7. The number of sulfonamides is 1. The quantitative estimate of drug-likeness (QED) is 0.728. The van der Waals surface area contributed by atoms with E-state index in [1.54, 1.807) is 31.3 Å². The van der Waals surface area contributed by atoms with Crippen LogP contribution < -0.4 is 10.1 Å². The fourth-order valence-electron chi connectivity index (χ4n) is 3.01. The summed E-state index contributed by atoms with van der Waals surface area (Å²) in [5.41, 5.74) is 0.700.